The van der Waals surface area contributed by atoms with Crippen molar-refractivity contribution in [1.82, 2.24) is 0 Å². The average molecular weight is 118 g/mol. The molecule has 0 aromatic heterocycles. The lowest BCUT2D eigenvalue weighted by Crippen LogP contribution is -2.47. The van der Waals surface area contributed by atoms with Crippen molar-refractivity contribution in [3.63, 3.8) is 0 Å². The first-order valence-electron chi connectivity index (χ1n) is 2.72. The van der Waals surface area contributed by atoms with E-state index in [1.165, 1.54) is 0 Å². The monoisotopic (exact) mass is 118 g/mol. The van der Waals surface area contributed by atoms with Gasteiger partial charge in [-0.3, -0.25) is 0 Å². The van der Waals surface area contributed by atoms with Crippen molar-refractivity contribution >= 4 is 0 Å². The van der Waals surface area contributed by atoms with E-state index in [-0.39, 0.29) is 12.5 Å². The summed E-state index contributed by atoms with van der Waals surface area (Å²) in [5.41, 5.74) is 0. The quantitative estimate of drug-likeness (QED) is 0.402. The lowest BCUT2D eigenvalue weighted by Gasteiger charge is -2.36. The van der Waals surface area contributed by atoms with Crippen LogP contribution in [0.25, 0.3) is 0 Å². The SMILES string of the molecule is OCC1C(O)CC1O. The molecule has 2 unspecified atom stereocenters. The highest BCUT2D eigenvalue weighted by Gasteiger charge is 2.37. The summed E-state index contributed by atoms with van der Waals surface area (Å²) in [4.78, 5) is 0. The highest BCUT2D eigenvalue weighted by molar-refractivity contribution is 4.87. The lowest BCUT2D eigenvalue weighted by atomic mass is 9.79. The van der Waals surface area contributed by atoms with Gasteiger partial charge < -0.3 is 15.3 Å². The molecule has 3 nitrogen and oxygen atoms in total. The Morgan fingerprint density at radius 2 is 1.75 bits per heavy atom. The van der Waals surface area contributed by atoms with Gasteiger partial charge in [-0.15, -0.1) is 0 Å². The lowest BCUT2D eigenvalue weighted by molar-refractivity contribution is -0.109. The summed E-state index contributed by atoms with van der Waals surface area (Å²) in [6.07, 6.45) is -0.532. The first-order valence-corrected chi connectivity index (χ1v) is 2.72. The zero-order valence-electron chi connectivity index (χ0n) is 4.49. The van der Waals surface area contributed by atoms with E-state index in [2.05, 4.69) is 0 Å². The van der Waals surface area contributed by atoms with E-state index in [0.717, 1.165) is 0 Å². The maximum atomic E-state index is 8.76. The Kier molecular flexibility index (Phi) is 1.51. The maximum Gasteiger partial charge on any atom is 0.0639 e. The van der Waals surface area contributed by atoms with Crippen LogP contribution in [0.15, 0.2) is 0 Å². The smallest absolute Gasteiger partial charge is 0.0639 e. The van der Waals surface area contributed by atoms with Gasteiger partial charge >= 0.3 is 0 Å². The van der Waals surface area contributed by atoms with Crippen molar-refractivity contribution in [2.75, 3.05) is 6.61 Å². The van der Waals surface area contributed by atoms with Crippen molar-refractivity contribution in [2.45, 2.75) is 18.6 Å². The summed E-state index contributed by atoms with van der Waals surface area (Å²) in [6.45, 7) is -0.109. The first-order chi connectivity index (χ1) is 3.75. The molecule has 0 aromatic rings. The Hall–Kier alpha value is -0.120. The Morgan fingerprint density at radius 1 is 1.25 bits per heavy atom. The maximum absolute atomic E-state index is 8.76. The van der Waals surface area contributed by atoms with Gasteiger partial charge in [0, 0.05) is 12.3 Å². The molecule has 8 heavy (non-hydrogen) atoms. The molecule has 0 aromatic carbocycles. The van der Waals surface area contributed by atoms with Gasteiger partial charge in [-0.25, -0.2) is 0 Å². The van der Waals surface area contributed by atoms with Gasteiger partial charge in [-0.05, 0) is 0 Å². The van der Waals surface area contributed by atoms with Crippen LogP contribution in [-0.2, 0) is 0 Å². The Bertz CT molecular complexity index is 75.7. The van der Waals surface area contributed by atoms with E-state index in [1.807, 2.05) is 0 Å². The zero-order valence-corrected chi connectivity index (χ0v) is 4.49. The van der Waals surface area contributed by atoms with Gasteiger partial charge in [-0.1, -0.05) is 0 Å². The molecule has 1 fully saturated rings. The standard InChI is InChI=1S/C5H10O3/c6-2-3-4(7)1-5(3)8/h3-8H,1-2H2. The molecule has 0 amide bonds. The molecule has 0 spiro atoms. The molecule has 0 saturated heterocycles. The van der Waals surface area contributed by atoms with Crippen molar-refractivity contribution in [2.24, 2.45) is 5.92 Å². The second-order valence-corrected chi connectivity index (χ2v) is 2.22. The van der Waals surface area contributed by atoms with E-state index in [4.69, 9.17) is 15.3 Å². The molecule has 3 heteroatoms. The molecule has 0 aliphatic heterocycles. The minimum Gasteiger partial charge on any atom is -0.396 e. The summed E-state index contributed by atoms with van der Waals surface area (Å²) in [5.74, 6) is -0.282. The van der Waals surface area contributed by atoms with E-state index < -0.39 is 12.2 Å². The van der Waals surface area contributed by atoms with Crippen molar-refractivity contribution < 1.29 is 15.3 Å². The molecular weight excluding hydrogens is 108 g/mol. The van der Waals surface area contributed by atoms with Crippen LogP contribution in [-0.4, -0.2) is 34.1 Å². The normalized spacial score (nSPS) is 46.1. The van der Waals surface area contributed by atoms with E-state index in [0.29, 0.717) is 6.42 Å². The number of hydrogen-bond acceptors (Lipinski definition) is 3. The summed E-state index contributed by atoms with van der Waals surface area (Å²) in [5, 5.41) is 25.9. The van der Waals surface area contributed by atoms with Crippen LogP contribution in [0.1, 0.15) is 6.42 Å². The topological polar surface area (TPSA) is 60.7 Å². The van der Waals surface area contributed by atoms with Gasteiger partial charge in [-0.2, -0.15) is 0 Å². The highest BCUT2D eigenvalue weighted by Crippen LogP contribution is 2.26. The van der Waals surface area contributed by atoms with Gasteiger partial charge in [0.05, 0.1) is 18.8 Å². The third kappa shape index (κ3) is 0.727. The summed E-state index contributed by atoms with van der Waals surface area (Å²) < 4.78 is 0. The summed E-state index contributed by atoms with van der Waals surface area (Å²) in [7, 11) is 0. The van der Waals surface area contributed by atoms with Crippen LogP contribution in [0.3, 0.4) is 0 Å². The predicted octanol–water partition coefficient (Wildman–Crippen LogP) is -1.28. The molecule has 0 heterocycles. The molecule has 0 radical (unpaired) electrons. The van der Waals surface area contributed by atoms with Crippen molar-refractivity contribution in [1.29, 1.82) is 0 Å². The van der Waals surface area contributed by atoms with Crippen LogP contribution < -0.4 is 0 Å². The number of aliphatic hydroxyl groups excluding tert-OH is 3. The first kappa shape index (κ1) is 6.01. The largest absolute Gasteiger partial charge is 0.396 e. The predicted molar refractivity (Wildman–Crippen MR) is 27.2 cm³/mol. The van der Waals surface area contributed by atoms with Crippen LogP contribution in [0, 0.1) is 5.92 Å². The third-order valence-electron chi connectivity index (χ3n) is 1.68. The fourth-order valence-corrected chi connectivity index (χ4v) is 0.901. The van der Waals surface area contributed by atoms with Crippen LogP contribution in [0.5, 0.6) is 0 Å². The van der Waals surface area contributed by atoms with Gasteiger partial charge in [0.25, 0.3) is 0 Å². The van der Waals surface area contributed by atoms with E-state index in [9.17, 15) is 0 Å². The van der Waals surface area contributed by atoms with Crippen molar-refractivity contribution in [3.05, 3.63) is 0 Å². The van der Waals surface area contributed by atoms with Crippen LogP contribution in [0.2, 0.25) is 0 Å². The molecule has 3 N–H and O–H groups in total. The van der Waals surface area contributed by atoms with Gasteiger partial charge in [0.2, 0.25) is 0 Å². The molecule has 0 bridgehead atoms. The summed E-state index contributed by atoms with van der Waals surface area (Å²) >= 11 is 0. The fraction of sp³-hybridized carbons (Fsp3) is 1.00. The molecule has 1 rings (SSSR count). The fourth-order valence-electron chi connectivity index (χ4n) is 0.901. The number of rotatable bonds is 1. The molecule has 2 atom stereocenters. The Labute approximate surface area is 47.6 Å². The summed E-state index contributed by atoms with van der Waals surface area (Å²) in [6, 6.07) is 0. The highest BCUT2D eigenvalue weighted by atomic mass is 16.3. The van der Waals surface area contributed by atoms with Crippen LogP contribution >= 0.6 is 0 Å². The second kappa shape index (κ2) is 2.01. The minimum atomic E-state index is -0.477. The molecule has 1 aliphatic carbocycles. The molecule has 48 valence electrons. The Balaban J connectivity index is 2.29. The molecule has 1 saturated carbocycles. The third-order valence-corrected chi connectivity index (χ3v) is 1.68. The number of aliphatic hydroxyl groups is 3. The molecule has 1 aliphatic rings. The average Bonchev–Trinajstić information content (AvgIpc) is 1.67. The van der Waals surface area contributed by atoms with Crippen molar-refractivity contribution in [3.8, 4) is 0 Å². The zero-order chi connectivity index (χ0) is 6.15. The van der Waals surface area contributed by atoms with E-state index >= 15 is 0 Å². The minimum absolute atomic E-state index is 0.109. The Morgan fingerprint density at radius 3 is 1.88 bits per heavy atom. The number of hydrogen-bond donors (Lipinski definition) is 3. The van der Waals surface area contributed by atoms with Crippen LogP contribution in [0.4, 0.5) is 0 Å². The van der Waals surface area contributed by atoms with E-state index in [1.54, 1.807) is 0 Å². The molecular formula is C5H10O3. The van der Waals surface area contributed by atoms with Gasteiger partial charge in [0.1, 0.15) is 0 Å². The second-order valence-electron chi connectivity index (χ2n) is 2.22. The van der Waals surface area contributed by atoms with Gasteiger partial charge in [0.15, 0.2) is 0 Å².